The predicted octanol–water partition coefficient (Wildman–Crippen LogP) is 3.76. The van der Waals surface area contributed by atoms with Gasteiger partial charge in [0.2, 0.25) is 0 Å². The highest BCUT2D eigenvalue weighted by atomic mass is 32.1. The van der Waals surface area contributed by atoms with Crippen molar-refractivity contribution in [2.75, 3.05) is 20.7 Å². The van der Waals surface area contributed by atoms with Gasteiger partial charge in [0.25, 0.3) is 5.91 Å². The van der Waals surface area contributed by atoms with Crippen molar-refractivity contribution in [3.8, 4) is 5.75 Å². The third-order valence-electron chi connectivity index (χ3n) is 4.71. The molecule has 0 unspecified atom stereocenters. The monoisotopic (exact) mass is 397 g/mol. The molecule has 0 saturated carbocycles. The molecule has 3 rings (SSSR count). The number of benzene rings is 2. The number of fused-ring (bicyclic) bond motifs is 1. The zero-order valence-electron chi connectivity index (χ0n) is 17.0. The van der Waals surface area contributed by atoms with Gasteiger partial charge in [-0.1, -0.05) is 44.2 Å². The predicted molar refractivity (Wildman–Crippen MR) is 117 cm³/mol. The quantitative estimate of drug-likeness (QED) is 0.753. The van der Waals surface area contributed by atoms with Crippen molar-refractivity contribution in [3.63, 3.8) is 0 Å². The van der Waals surface area contributed by atoms with Gasteiger partial charge in [0, 0.05) is 25.2 Å². The number of hydrogen-bond donors (Lipinski definition) is 2. The fraction of sp³-hybridized carbons (Fsp3) is 0.364. The van der Waals surface area contributed by atoms with E-state index in [0.29, 0.717) is 23.2 Å². The summed E-state index contributed by atoms with van der Waals surface area (Å²) in [5, 5.41) is 8.96. The lowest BCUT2D eigenvalue weighted by Gasteiger charge is -2.32. The smallest absolute Gasteiger partial charge is 0.253 e. The SMILES string of the molecule is CC1=C(C(=O)N(C)C)[C@@H](c2ccc(OCC(C)C)c3ccccc23)NC(=S)N1. The van der Waals surface area contributed by atoms with Crippen molar-refractivity contribution in [2.24, 2.45) is 5.92 Å². The number of nitrogens with one attached hydrogen (secondary N) is 2. The minimum atomic E-state index is -0.326. The van der Waals surface area contributed by atoms with Crippen LogP contribution in [0.15, 0.2) is 47.7 Å². The molecule has 2 aromatic rings. The third kappa shape index (κ3) is 3.97. The molecule has 2 aromatic carbocycles. The maximum atomic E-state index is 12.9. The van der Waals surface area contributed by atoms with E-state index < -0.39 is 0 Å². The van der Waals surface area contributed by atoms with Crippen LogP contribution in [0.1, 0.15) is 32.4 Å². The number of carbonyl (C=O) groups excluding carboxylic acids is 1. The molecular weight excluding hydrogens is 370 g/mol. The number of hydrogen-bond acceptors (Lipinski definition) is 3. The van der Waals surface area contributed by atoms with Crippen molar-refractivity contribution in [2.45, 2.75) is 26.8 Å². The number of nitrogens with zero attached hydrogens (tertiary/aromatic N) is 1. The maximum absolute atomic E-state index is 12.9. The molecule has 28 heavy (non-hydrogen) atoms. The largest absolute Gasteiger partial charge is 0.493 e. The van der Waals surface area contributed by atoms with Crippen LogP contribution in [-0.4, -0.2) is 36.6 Å². The molecule has 0 fully saturated rings. The van der Waals surface area contributed by atoms with Crippen LogP contribution in [0, 0.1) is 5.92 Å². The molecule has 0 spiro atoms. The summed E-state index contributed by atoms with van der Waals surface area (Å²) in [6.07, 6.45) is 0. The first-order valence-corrected chi connectivity index (χ1v) is 9.84. The van der Waals surface area contributed by atoms with Crippen LogP contribution in [0.2, 0.25) is 0 Å². The van der Waals surface area contributed by atoms with E-state index in [1.54, 1.807) is 19.0 Å². The molecule has 1 aliphatic heterocycles. The number of ether oxygens (including phenoxy) is 1. The zero-order valence-corrected chi connectivity index (χ0v) is 17.8. The van der Waals surface area contributed by atoms with E-state index in [2.05, 4.69) is 36.6 Å². The van der Waals surface area contributed by atoms with Gasteiger partial charge < -0.3 is 20.3 Å². The van der Waals surface area contributed by atoms with E-state index in [-0.39, 0.29) is 11.9 Å². The van der Waals surface area contributed by atoms with Gasteiger partial charge >= 0.3 is 0 Å². The van der Waals surface area contributed by atoms with Gasteiger partial charge in [0.05, 0.1) is 18.2 Å². The molecule has 0 aromatic heterocycles. The minimum absolute atomic E-state index is 0.0470. The lowest BCUT2D eigenvalue weighted by atomic mass is 9.90. The first-order valence-electron chi connectivity index (χ1n) is 9.44. The Morgan fingerprint density at radius 1 is 1.18 bits per heavy atom. The summed E-state index contributed by atoms with van der Waals surface area (Å²) in [6.45, 7) is 6.80. The van der Waals surface area contributed by atoms with Gasteiger partial charge in [-0.25, -0.2) is 0 Å². The molecule has 1 heterocycles. The maximum Gasteiger partial charge on any atom is 0.253 e. The van der Waals surface area contributed by atoms with Crippen LogP contribution in [-0.2, 0) is 4.79 Å². The summed E-state index contributed by atoms with van der Waals surface area (Å²) < 4.78 is 6.03. The average molecular weight is 398 g/mol. The minimum Gasteiger partial charge on any atom is -0.493 e. The number of carbonyl (C=O) groups is 1. The summed E-state index contributed by atoms with van der Waals surface area (Å²) in [5.41, 5.74) is 2.44. The van der Waals surface area contributed by atoms with Crippen LogP contribution in [0.25, 0.3) is 10.8 Å². The van der Waals surface area contributed by atoms with Crippen molar-refractivity contribution in [3.05, 3.63) is 53.2 Å². The van der Waals surface area contributed by atoms with Crippen LogP contribution in [0.5, 0.6) is 5.75 Å². The van der Waals surface area contributed by atoms with E-state index in [9.17, 15) is 4.79 Å². The lowest BCUT2D eigenvalue weighted by Crippen LogP contribution is -2.46. The molecule has 6 heteroatoms. The lowest BCUT2D eigenvalue weighted by molar-refractivity contribution is -0.125. The standard InChI is InChI=1S/C22H27N3O2S/c1-13(2)12-27-18-11-10-17(15-8-6-7-9-16(15)18)20-19(21(26)25(4)5)14(3)23-22(28)24-20/h6-11,13,20H,12H2,1-5H3,(H2,23,24,28)/t20-/m1/s1. The Bertz CT molecular complexity index is 950. The number of thiocarbonyl (C=S) groups is 1. The van der Waals surface area contributed by atoms with Crippen LogP contribution in [0.3, 0.4) is 0 Å². The zero-order chi connectivity index (χ0) is 20.4. The highest BCUT2D eigenvalue weighted by Crippen LogP contribution is 2.36. The van der Waals surface area contributed by atoms with Gasteiger partial charge in [-0.2, -0.15) is 0 Å². The second-order valence-corrected chi connectivity index (χ2v) is 8.08. The Morgan fingerprint density at radius 2 is 1.86 bits per heavy atom. The molecular formula is C22H27N3O2S. The van der Waals surface area contributed by atoms with E-state index in [1.807, 2.05) is 31.2 Å². The molecule has 5 nitrogen and oxygen atoms in total. The number of amides is 1. The molecule has 1 amide bonds. The fourth-order valence-electron chi connectivity index (χ4n) is 3.38. The van der Waals surface area contributed by atoms with E-state index in [1.165, 1.54) is 0 Å². The Morgan fingerprint density at radius 3 is 2.50 bits per heavy atom. The van der Waals surface area contributed by atoms with Gasteiger partial charge in [0.1, 0.15) is 5.75 Å². The average Bonchev–Trinajstić information content (AvgIpc) is 2.64. The number of rotatable bonds is 5. The summed E-state index contributed by atoms with van der Waals surface area (Å²) in [4.78, 5) is 14.5. The topological polar surface area (TPSA) is 53.6 Å². The highest BCUT2D eigenvalue weighted by Gasteiger charge is 2.32. The Labute approximate surface area is 171 Å². The summed E-state index contributed by atoms with van der Waals surface area (Å²) in [6, 6.07) is 11.8. The molecule has 148 valence electrons. The second-order valence-electron chi connectivity index (χ2n) is 7.67. The fourth-order valence-corrected chi connectivity index (χ4v) is 3.65. The molecule has 0 aliphatic carbocycles. The van der Waals surface area contributed by atoms with Crippen LogP contribution < -0.4 is 15.4 Å². The van der Waals surface area contributed by atoms with Crippen molar-refractivity contribution < 1.29 is 9.53 Å². The van der Waals surface area contributed by atoms with Crippen molar-refractivity contribution >= 4 is 34.0 Å². The number of allylic oxidation sites excluding steroid dienone is 1. The van der Waals surface area contributed by atoms with Gasteiger partial charge in [-0.05, 0) is 42.1 Å². The van der Waals surface area contributed by atoms with Crippen LogP contribution in [0.4, 0.5) is 0 Å². The second kappa shape index (κ2) is 8.19. The molecule has 0 saturated heterocycles. The highest BCUT2D eigenvalue weighted by molar-refractivity contribution is 7.80. The molecule has 2 N–H and O–H groups in total. The molecule has 1 aliphatic rings. The summed E-state index contributed by atoms with van der Waals surface area (Å²) in [5.74, 6) is 1.25. The molecule has 1 atom stereocenters. The normalized spacial score (nSPS) is 16.8. The molecule has 0 radical (unpaired) electrons. The molecule has 0 bridgehead atoms. The first-order chi connectivity index (χ1) is 13.3. The van der Waals surface area contributed by atoms with Crippen LogP contribution >= 0.6 is 12.2 Å². The Kier molecular flexibility index (Phi) is 5.89. The summed E-state index contributed by atoms with van der Waals surface area (Å²) >= 11 is 5.38. The van der Waals surface area contributed by atoms with Crippen molar-refractivity contribution in [1.29, 1.82) is 0 Å². The van der Waals surface area contributed by atoms with E-state index >= 15 is 0 Å². The Balaban J connectivity index is 2.14. The first kappa shape index (κ1) is 20.1. The van der Waals surface area contributed by atoms with Gasteiger partial charge in [-0.15, -0.1) is 0 Å². The van der Waals surface area contributed by atoms with Crippen molar-refractivity contribution in [1.82, 2.24) is 15.5 Å². The van der Waals surface area contributed by atoms with Gasteiger partial charge in [0.15, 0.2) is 5.11 Å². The number of likely N-dealkylation sites (N-methyl/N-ethyl adjacent to an activating group) is 1. The third-order valence-corrected chi connectivity index (χ3v) is 4.93. The van der Waals surface area contributed by atoms with E-state index in [0.717, 1.165) is 27.8 Å². The van der Waals surface area contributed by atoms with Gasteiger partial charge in [-0.3, -0.25) is 4.79 Å². The van der Waals surface area contributed by atoms with E-state index in [4.69, 9.17) is 17.0 Å². The summed E-state index contributed by atoms with van der Waals surface area (Å²) in [7, 11) is 3.52. The Hall–Kier alpha value is -2.60.